The zero-order valence-electron chi connectivity index (χ0n) is 30.7. The van der Waals surface area contributed by atoms with Gasteiger partial charge in [0.05, 0.1) is 11.2 Å². The molecule has 11 aromatic rings. The molecule has 3 aromatic heterocycles. The summed E-state index contributed by atoms with van der Waals surface area (Å²) < 4.78 is 6.59. The van der Waals surface area contributed by atoms with Gasteiger partial charge in [-0.15, -0.1) is 0 Å². The van der Waals surface area contributed by atoms with Crippen LogP contribution in [-0.4, -0.2) is 19.9 Å². The lowest BCUT2D eigenvalue weighted by molar-refractivity contribution is 0.669. The summed E-state index contributed by atoms with van der Waals surface area (Å²) in [4.78, 5) is 19.8. The van der Waals surface area contributed by atoms with E-state index < -0.39 is 0 Å². The van der Waals surface area contributed by atoms with Gasteiger partial charge in [-0.3, -0.25) is 0 Å². The Labute approximate surface area is 328 Å². The van der Waals surface area contributed by atoms with Crippen molar-refractivity contribution in [3.63, 3.8) is 0 Å². The van der Waals surface area contributed by atoms with Gasteiger partial charge >= 0.3 is 0 Å². The van der Waals surface area contributed by atoms with E-state index in [1.54, 1.807) is 0 Å². The van der Waals surface area contributed by atoms with Crippen LogP contribution in [-0.2, 0) is 0 Å². The van der Waals surface area contributed by atoms with E-state index in [4.69, 9.17) is 24.4 Å². The maximum Gasteiger partial charge on any atom is 0.164 e. The fourth-order valence-electron chi connectivity index (χ4n) is 7.91. The molecule has 0 unspecified atom stereocenters. The summed E-state index contributed by atoms with van der Waals surface area (Å²) in [6.45, 7) is 0. The highest BCUT2D eigenvalue weighted by Crippen LogP contribution is 2.42. The van der Waals surface area contributed by atoms with E-state index in [-0.39, 0.29) is 0 Å². The Balaban J connectivity index is 0.928. The van der Waals surface area contributed by atoms with Crippen molar-refractivity contribution in [1.82, 2.24) is 19.9 Å². The second-order valence-electron chi connectivity index (χ2n) is 14.2. The molecule has 0 saturated carbocycles. The smallest absolute Gasteiger partial charge is 0.164 e. The predicted octanol–water partition coefficient (Wildman–Crippen LogP) is 13.5. The molecule has 0 aliphatic rings. The molecular weight excluding hydrogens is 697 g/mol. The van der Waals surface area contributed by atoms with E-state index in [9.17, 15) is 0 Å². The minimum atomic E-state index is 0.639. The average Bonchev–Trinajstić information content (AvgIpc) is 3.68. The van der Waals surface area contributed by atoms with Gasteiger partial charge in [-0.2, -0.15) is 0 Å². The number of para-hydroxylation sites is 1. The quantitative estimate of drug-likeness (QED) is 0.160. The molecule has 0 aliphatic heterocycles. The first kappa shape index (κ1) is 32.7. The molecule has 0 bridgehead atoms. The summed E-state index contributed by atoms with van der Waals surface area (Å²) >= 11 is 0. The van der Waals surface area contributed by atoms with Gasteiger partial charge in [-0.1, -0.05) is 164 Å². The van der Waals surface area contributed by atoms with Crippen molar-refractivity contribution in [2.24, 2.45) is 0 Å². The van der Waals surface area contributed by atoms with Crippen molar-refractivity contribution in [3.05, 3.63) is 194 Å². The molecule has 0 spiro atoms. The van der Waals surface area contributed by atoms with Crippen LogP contribution in [0.2, 0.25) is 0 Å². The second kappa shape index (κ2) is 13.5. The van der Waals surface area contributed by atoms with Gasteiger partial charge in [0.2, 0.25) is 0 Å². The molecule has 0 radical (unpaired) electrons. The fourth-order valence-corrected chi connectivity index (χ4v) is 7.91. The van der Waals surface area contributed by atoms with Gasteiger partial charge in [0.15, 0.2) is 17.5 Å². The summed E-state index contributed by atoms with van der Waals surface area (Å²) in [7, 11) is 0. The van der Waals surface area contributed by atoms with Gasteiger partial charge in [0, 0.05) is 49.2 Å². The van der Waals surface area contributed by atoms with Crippen LogP contribution in [0, 0.1) is 0 Å². The Morgan fingerprint density at radius 2 is 0.737 bits per heavy atom. The first-order valence-corrected chi connectivity index (χ1v) is 19.0. The highest BCUT2D eigenvalue weighted by Gasteiger charge is 2.18. The van der Waals surface area contributed by atoms with Crippen molar-refractivity contribution < 1.29 is 4.42 Å². The van der Waals surface area contributed by atoms with Gasteiger partial charge in [-0.25, -0.2) is 19.9 Å². The third-order valence-corrected chi connectivity index (χ3v) is 10.7. The predicted molar refractivity (Wildman–Crippen MR) is 233 cm³/mol. The van der Waals surface area contributed by atoms with Crippen LogP contribution in [0.25, 0.3) is 111 Å². The van der Waals surface area contributed by atoms with Crippen LogP contribution in [0.1, 0.15) is 0 Å². The van der Waals surface area contributed by atoms with Crippen LogP contribution in [0.4, 0.5) is 0 Å². The summed E-state index contributed by atoms with van der Waals surface area (Å²) in [5.41, 5.74) is 12.1. The first-order valence-electron chi connectivity index (χ1n) is 19.0. The molecular formula is C52H32N4O. The van der Waals surface area contributed by atoms with Crippen LogP contribution < -0.4 is 0 Å². The maximum atomic E-state index is 6.59. The standard InChI is InChI=1S/C52H32N4O/c1-4-12-36(13-5-1)49-43-30-31-45-48(47(43)41-18-10-11-19-44(41)53-49)42-29-28-40(32-46(42)57-45)35-22-20-33(21-23-35)34-24-26-39(27-25-34)52-55-50(37-14-6-2-7-15-37)54-51(56-52)38-16-8-3-9-17-38/h1-32H. The first-order chi connectivity index (χ1) is 28.2. The SMILES string of the molecule is c1ccc(-c2nc(-c3ccccc3)nc(-c3ccc(-c4ccc(-c5ccc6c(c5)oc5ccc7c(-c8ccccc8)nc8ccccc8c7c56)cc4)cc3)n2)cc1. The van der Waals surface area contributed by atoms with Crippen molar-refractivity contribution in [1.29, 1.82) is 0 Å². The van der Waals surface area contributed by atoms with Crippen LogP contribution in [0.5, 0.6) is 0 Å². The molecule has 0 amide bonds. The van der Waals surface area contributed by atoms with E-state index in [0.29, 0.717) is 17.5 Å². The number of nitrogens with zero attached hydrogens (tertiary/aromatic N) is 4. The Morgan fingerprint density at radius 1 is 0.281 bits per heavy atom. The molecule has 11 rings (SSSR count). The highest BCUT2D eigenvalue weighted by atomic mass is 16.3. The van der Waals surface area contributed by atoms with E-state index >= 15 is 0 Å². The summed E-state index contributed by atoms with van der Waals surface area (Å²) in [6, 6.07) is 66.9. The van der Waals surface area contributed by atoms with Crippen molar-refractivity contribution in [2.75, 3.05) is 0 Å². The molecule has 57 heavy (non-hydrogen) atoms. The van der Waals surface area contributed by atoms with Crippen LogP contribution in [0.15, 0.2) is 199 Å². The van der Waals surface area contributed by atoms with E-state index in [1.807, 2.05) is 66.7 Å². The Kier molecular flexibility index (Phi) is 7.74. The number of aromatic nitrogens is 4. The van der Waals surface area contributed by atoms with Crippen LogP contribution >= 0.6 is 0 Å². The largest absolute Gasteiger partial charge is 0.456 e. The third kappa shape index (κ3) is 5.81. The highest BCUT2D eigenvalue weighted by molar-refractivity contribution is 6.28. The molecule has 266 valence electrons. The third-order valence-electron chi connectivity index (χ3n) is 10.7. The normalized spacial score (nSPS) is 11.5. The van der Waals surface area contributed by atoms with Gasteiger partial charge < -0.3 is 4.42 Å². The average molecular weight is 729 g/mol. The lowest BCUT2D eigenvalue weighted by Crippen LogP contribution is -2.00. The minimum absolute atomic E-state index is 0.639. The van der Waals surface area contributed by atoms with Crippen molar-refractivity contribution in [2.45, 2.75) is 0 Å². The number of rotatable bonds is 6. The van der Waals surface area contributed by atoms with Gasteiger partial charge in [-0.05, 0) is 52.6 Å². The Morgan fingerprint density at radius 3 is 1.33 bits per heavy atom. The number of benzene rings is 8. The summed E-state index contributed by atoms with van der Waals surface area (Å²) in [6.07, 6.45) is 0. The molecule has 5 heteroatoms. The monoisotopic (exact) mass is 728 g/mol. The topological polar surface area (TPSA) is 64.7 Å². The van der Waals surface area contributed by atoms with E-state index in [0.717, 1.165) is 88.4 Å². The molecule has 0 aliphatic carbocycles. The summed E-state index contributed by atoms with van der Waals surface area (Å²) in [5.74, 6) is 1.94. The van der Waals surface area contributed by atoms with E-state index in [2.05, 4.69) is 127 Å². The maximum absolute atomic E-state index is 6.59. The molecule has 0 fully saturated rings. The minimum Gasteiger partial charge on any atom is -0.456 e. The second-order valence-corrected chi connectivity index (χ2v) is 14.2. The molecule has 5 nitrogen and oxygen atoms in total. The van der Waals surface area contributed by atoms with Gasteiger partial charge in [0.25, 0.3) is 0 Å². The zero-order chi connectivity index (χ0) is 37.7. The lowest BCUT2D eigenvalue weighted by atomic mass is 9.95. The molecule has 0 saturated heterocycles. The van der Waals surface area contributed by atoms with Crippen molar-refractivity contribution in [3.8, 4) is 67.7 Å². The number of hydrogen-bond acceptors (Lipinski definition) is 5. The summed E-state index contributed by atoms with van der Waals surface area (Å²) in [5, 5.41) is 5.62. The van der Waals surface area contributed by atoms with Crippen LogP contribution in [0.3, 0.4) is 0 Å². The number of pyridine rings is 1. The zero-order valence-corrected chi connectivity index (χ0v) is 30.7. The van der Waals surface area contributed by atoms with E-state index in [1.165, 1.54) is 5.39 Å². The molecule has 0 atom stereocenters. The lowest BCUT2D eigenvalue weighted by Gasteiger charge is -2.11. The Hall–Kier alpha value is -7.76. The number of fused-ring (bicyclic) bond motifs is 7. The number of furan rings is 1. The van der Waals surface area contributed by atoms with Crippen molar-refractivity contribution >= 4 is 43.6 Å². The molecule has 0 N–H and O–H groups in total. The molecule has 3 heterocycles. The molecule has 8 aromatic carbocycles. The Bertz CT molecular complexity index is 3190. The van der Waals surface area contributed by atoms with Gasteiger partial charge in [0.1, 0.15) is 11.2 Å². The number of hydrogen-bond donors (Lipinski definition) is 0. The fraction of sp³-hybridized carbons (Fsp3) is 0.